The van der Waals surface area contributed by atoms with Crippen molar-refractivity contribution < 1.29 is 9.59 Å². The highest BCUT2D eigenvalue weighted by Gasteiger charge is 2.11. The van der Waals surface area contributed by atoms with E-state index in [0.717, 1.165) is 0 Å². The Labute approximate surface area is 109 Å². The molecule has 90 valence electrons. The van der Waals surface area contributed by atoms with E-state index in [1.807, 2.05) is 6.07 Å². The maximum Gasteiger partial charge on any atom is 0.255 e. The van der Waals surface area contributed by atoms with Crippen LogP contribution in [0.1, 0.15) is 20.7 Å². The van der Waals surface area contributed by atoms with E-state index in [-0.39, 0.29) is 11.5 Å². The summed E-state index contributed by atoms with van der Waals surface area (Å²) in [5.74, 6) is -0.277. The molecule has 0 saturated heterocycles. The second-order valence-electron chi connectivity index (χ2n) is 3.64. The topological polar surface area (TPSA) is 46.2 Å². The van der Waals surface area contributed by atoms with Crippen molar-refractivity contribution in [3.8, 4) is 0 Å². The molecule has 0 radical (unpaired) electrons. The van der Waals surface area contributed by atoms with Crippen molar-refractivity contribution in [2.24, 2.45) is 0 Å². The molecular formula is C14H10ClNO2. The first-order valence-electron chi connectivity index (χ1n) is 5.34. The minimum absolute atomic E-state index is 0.277. The average Bonchev–Trinajstić information content (AvgIpc) is 2.40. The quantitative estimate of drug-likeness (QED) is 0.860. The fourth-order valence-electron chi connectivity index (χ4n) is 1.55. The molecule has 0 atom stereocenters. The molecule has 2 rings (SSSR count). The largest absolute Gasteiger partial charge is 0.321 e. The highest BCUT2D eigenvalue weighted by Crippen LogP contribution is 2.18. The lowest BCUT2D eigenvalue weighted by Crippen LogP contribution is -2.13. The van der Waals surface area contributed by atoms with Gasteiger partial charge in [-0.1, -0.05) is 30.3 Å². The monoisotopic (exact) mass is 259 g/mol. The van der Waals surface area contributed by atoms with Crippen LogP contribution in [0.5, 0.6) is 0 Å². The lowest BCUT2D eigenvalue weighted by atomic mass is 10.1. The average molecular weight is 260 g/mol. The standard InChI is InChI=1S/C14H10ClNO2/c15-13(17)11-8-4-5-9-12(11)16-14(18)10-6-2-1-3-7-10/h1-9H,(H,16,18). The number of hydrogen-bond acceptors (Lipinski definition) is 2. The second-order valence-corrected chi connectivity index (χ2v) is 3.98. The van der Waals surface area contributed by atoms with Crippen LogP contribution in [0.15, 0.2) is 54.6 Å². The normalized spacial score (nSPS) is 9.83. The molecule has 2 aromatic carbocycles. The first-order chi connectivity index (χ1) is 8.68. The van der Waals surface area contributed by atoms with Gasteiger partial charge in [0.15, 0.2) is 0 Å². The minimum atomic E-state index is -0.598. The molecular weight excluding hydrogens is 250 g/mol. The molecule has 0 aliphatic carbocycles. The predicted molar refractivity (Wildman–Crippen MR) is 71.0 cm³/mol. The number of amides is 1. The van der Waals surface area contributed by atoms with E-state index in [9.17, 15) is 9.59 Å². The summed E-state index contributed by atoms with van der Waals surface area (Å²) in [6.07, 6.45) is 0. The molecule has 0 heterocycles. The van der Waals surface area contributed by atoms with Gasteiger partial charge in [0.2, 0.25) is 0 Å². The van der Waals surface area contributed by atoms with Gasteiger partial charge in [0.25, 0.3) is 11.1 Å². The summed E-state index contributed by atoms with van der Waals surface area (Å²) >= 11 is 5.45. The molecule has 2 aromatic rings. The molecule has 18 heavy (non-hydrogen) atoms. The third kappa shape index (κ3) is 2.76. The maximum absolute atomic E-state index is 11.9. The molecule has 0 unspecified atom stereocenters. The molecule has 0 aliphatic heterocycles. The Bertz CT molecular complexity index is 581. The van der Waals surface area contributed by atoms with Gasteiger partial charge in [-0.2, -0.15) is 0 Å². The number of nitrogens with one attached hydrogen (secondary N) is 1. The van der Waals surface area contributed by atoms with Crippen LogP contribution in [0.25, 0.3) is 0 Å². The van der Waals surface area contributed by atoms with Crippen molar-refractivity contribution in [1.29, 1.82) is 0 Å². The minimum Gasteiger partial charge on any atom is -0.321 e. The van der Waals surface area contributed by atoms with Crippen LogP contribution >= 0.6 is 11.6 Å². The zero-order valence-electron chi connectivity index (χ0n) is 9.39. The van der Waals surface area contributed by atoms with Crippen LogP contribution < -0.4 is 5.32 Å². The molecule has 0 aliphatic rings. The Kier molecular flexibility index (Phi) is 3.75. The number of carbonyl (C=O) groups is 2. The van der Waals surface area contributed by atoms with Crippen molar-refractivity contribution in [2.45, 2.75) is 0 Å². The molecule has 0 bridgehead atoms. The Balaban J connectivity index is 2.25. The van der Waals surface area contributed by atoms with Crippen LogP contribution in [0.2, 0.25) is 0 Å². The summed E-state index contributed by atoms with van der Waals surface area (Å²) in [4.78, 5) is 23.1. The summed E-state index contributed by atoms with van der Waals surface area (Å²) < 4.78 is 0. The van der Waals surface area contributed by atoms with Crippen molar-refractivity contribution in [3.63, 3.8) is 0 Å². The summed E-state index contributed by atoms with van der Waals surface area (Å²) in [6.45, 7) is 0. The summed E-state index contributed by atoms with van der Waals surface area (Å²) in [6, 6.07) is 15.4. The van der Waals surface area contributed by atoms with Crippen molar-refractivity contribution >= 4 is 28.4 Å². The van der Waals surface area contributed by atoms with Gasteiger partial charge in [0.05, 0.1) is 11.3 Å². The maximum atomic E-state index is 11.9. The van der Waals surface area contributed by atoms with E-state index < -0.39 is 5.24 Å². The van der Waals surface area contributed by atoms with E-state index in [2.05, 4.69) is 5.32 Å². The highest BCUT2D eigenvalue weighted by atomic mass is 35.5. The van der Waals surface area contributed by atoms with Crippen molar-refractivity contribution in [1.82, 2.24) is 0 Å². The van der Waals surface area contributed by atoms with Gasteiger partial charge in [-0.25, -0.2) is 0 Å². The molecule has 4 heteroatoms. The van der Waals surface area contributed by atoms with Crippen LogP contribution in [-0.4, -0.2) is 11.1 Å². The lowest BCUT2D eigenvalue weighted by Gasteiger charge is -2.08. The zero-order valence-corrected chi connectivity index (χ0v) is 10.1. The Morgan fingerprint density at radius 3 is 2.17 bits per heavy atom. The van der Waals surface area contributed by atoms with Crippen molar-refractivity contribution in [2.75, 3.05) is 5.32 Å². The van der Waals surface area contributed by atoms with Gasteiger partial charge in [-0.05, 0) is 35.9 Å². The third-order valence-corrected chi connectivity index (χ3v) is 2.63. The van der Waals surface area contributed by atoms with Crippen LogP contribution in [0.3, 0.4) is 0 Å². The summed E-state index contributed by atoms with van der Waals surface area (Å²) in [5.41, 5.74) is 1.21. The number of carbonyl (C=O) groups excluding carboxylic acids is 2. The number of para-hydroxylation sites is 1. The van der Waals surface area contributed by atoms with E-state index in [1.54, 1.807) is 48.5 Å². The van der Waals surface area contributed by atoms with E-state index in [4.69, 9.17) is 11.6 Å². The third-order valence-electron chi connectivity index (χ3n) is 2.42. The first kappa shape index (κ1) is 12.3. The van der Waals surface area contributed by atoms with Crippen LogP contribution in [-0.2, 0) is 0 Å². The Morgan fingerprint density at radius 1 is 0.889 bits per heavy atom. The molecule has 0 spiro atoms. The van der Waals surface area contributed by atoms with Gasteiger partial charge in [-0.3, -0.25) is 9.59 Å². The first-order valence-corrected chi connectivity index (χ1v) is 5.71. The predicted octanol–water partition coefficient (Wildman–Crippen LogP) is 3.32. The zero-order chi connectivity index (χ0) is 13.0. The van der Waals surface area contributed by atoms with E-state index in [1.165, 1.54) is 0 Å². The Morgan fingerprint density at radius 2 is 1.50 bits per heavy atom. The molecule has 1 amide bonds. The van der Waals surface area contributed by atoms with Gasteiger partial charge in [-0.15, -0.1) is 0 Å². The van der Waals surface area contributed by atoms with Crippen molar-refractivity contribution in [3.05, 3.63) is 65.7 Å². The fraction of sp³-hybridized carbons (Fsp3) is 0. The summed E-state index contributed by atoms with van der Waals surface area (Å²) in [7, 11) is 0. The number of hydrogen-bond donors (Lipinski definition) is 1. The number of anilines is 1. The molecule has 0 fully saturated rings. The van der Waals surface area contributed by atoms with Gasteiger partial charge >= 0.3 is 0 Å². The summed E-state index contributed by atoms with van der Waals surface area (Å²) in [5, 5.41) is 2.07. The molecule has 1 N–H and O–H groups in total. The Hall–Kier alpha value is -2.13. The SMILES string of the molecule is O=C(Nc1ccccc1C(=O)Cl)c1ccccc1. The van der Waals surface area contributed by atoms with Crippen LogP contribution in [0.4, 0.5) is 5.69 Å². The highest BCUT2D eigenvalue weighted by molar-refractivity contribution is 6.68. The van der Waals surface area contributed by atoms with Gasteiger partial charge in [0.1, 0.15) is 0 Å². The van der Waals surface area contributed by atoms with Gasteiger partial charge < -0.3 is 5.32 Å². The van der Waals surface area contributed by atoms with Crippen LogP contribution in [0, 0.1) is 0 Å². The van der Waals surface area contributed by atoms with E-state index >= 15 is 0 Å². The molecule has 3 nitrogen and oxygen atoms in total. The second kappa shape index (κ2) is 5.47. The van der Waals surface area contributed by atoms with Gasteiger partial charge in [0, 0.05) is 5.56 Å². The fourth-order valence-corrected chi connectivity index (χ4v) is 1.71. The lowest BCUT2D eigenvalue weighted by molar-refractivity contribution is 0.102. The molecule has 0 aromatic heterocycles. The number of halogens is 1. The number of rotatable bonds is 3. The number of benzene rings is 2. The van der Waals surface area contributed by atoms with E-state index in [0.29, 0.717) is 11.3 Å². The molecule has 0 saturated carbocycles. The smallest absolute Gasteiger partial charge is 0.255 e.